The van der Waals surface area contributed by atoms with Gasteiger partial charge in [-0.05, 0) is 41.8 Å². The number of nitrogens with one attached hydrogen (secondary N) is 1. The van der Waals surface area contributed by atoms with Crippen molar-refractivity contribution in [3.8, 4) is 11.5 Å². The Morgan fingerprint density at radius 2 is 1.55 bits per heavy atom. The van der Waals surface area contributed by atoms with Crippen LogP contribution < -0.4 is 14.8 Å². The predicted molar refractivity (Wildman–Crippen MR) is 115 cm³/mol. The standard InChI is InChI=1S/C25H23NO3/c1-18(21-12-13-23-24(17-21)29-15-14-28-23)26-25(27)22(20-10-6-3-7-11-20)16-19-8-4-2-5-9-19/h2-13,16-18H,14-15H2,1H3,(H,26,27)/b22-16+/t18-/m1/s1. The normalized spacial score (nSPS) is 14.2. The van der Waals surface area contributed by atoms with E-state index in [0.29, 0.717) is 18.8 Å². The maximum atomic E-state index is 13.2. The Hall–Kier alpha value is -3.53. The van der Waals surface area contributed by atoms with Gasteiger partial charge in [0.25, 0.3) is 5.91 Å². The Balaban J connectivity index is 1.59. The molecule has 0 unspecified atom stereocenters. The van der Waals surface area contributed by atoms with E-state index in [2.05, 4.69) is 5.32 Å². The first-order valence-corrected chi connectivity index (χ1v) is 9.73. The van der Waals surface area contributed by atoms with E-state index in [0.717, 1.165) is 28.2 Å². The highest BCUT2D eigenvalue weighted by Crippen LogP contribution is 2.32. The van der Waals surface area contributed by atoms with Crippen LogP contribution in [0, 0.1) is 0 Å². The third-order valence-corrected chi connectivity index (χ3v) is 4.85. The van der Waals surface area contributed by atoms with Gasteiger partial charge in [0.15, 0.2) is 11.5 Å². The van der Waals surface area contributed by atoms with E-state index in [1.54, 1.807) is 0 Å². The van der Waals surface area contributed by atoms with E-state index < -0.39 is 0 Å². The van der Waals surface area contributed by atoms with E-state index in [-0.39, 0.29) is 11.9 Å². The molecule has 4 nitrogen and oxygen atoms in total. The van der Waals surface area contributed by atoms with Crippen LogP contribution in [0.25, 0.3) is 11.6 Å². The molecule has 29 heavy (non-hydrogen) atoms. The predicted octanol–water partition coefficient (Wildman–Crippen LogP) is 4.88. The summed E-state index contributed by atoms with van der Waals surface area (Å²) in [5.74, 6) is 1.34. The van der Waals surface area contributed by atoms with E-state index >= 15 is 0 Å². The lowest BCUT2D eigenvalue weighted by Crippen LogP contribution is -2.27. The minimum Gasteiger partial charge on any atom is -0.486 e. The second kappa shape index (κ2) is 8.65. The SMILES string of the molecule is C[C@@H](NC(=O)/C(=C/c1ccccc1)c1ccccc1)c1ccc2c(c1)OCCO2. The maximum Gasteiger partial charge on any atom is 0.252 e. The molecule has 1 heterocycles. The summed E-state index contributed by atoms with van der Waals surface area (Å²) >= 11 is 0. The van der Waals surface area contributed by atoms with Crippen LogP contribution in [0.4, 0.5) is 0 Å². The van der Waals surface area contributed by atoms with Crippen molar-refractivity contribution in [2.24, 2.45) is 0 Å². The molecule has 146 valence electrons. The minimum atomic E-state index is -0.179. The fourth-order valence-electron chi connectivity index (χ4n) is 3.30. The van der Waals surface area contributed by atoms with Crippen molar-refractivity contribution in [2.45, 2.75) is 13.0 Å². The van der Waals surface area contributed by atoms with Crippen LogP contribution in [0.5, 0.6) is 11.5 Å². The maximum absolute atomic E-state index is 13.2. The zero-order valence-electron chi connectivity index (χ0n) is 16.3. The fraction of sp³-hybridized carbons (Fsp3) is 0.160. The van der Waals surface area contributed by atoms with Crippen molar-refractivity contribution in [1.29, 1.82) is 0 Å². The molecule has 1 amide bonds. The molecule has 0 spiro atoms. The zero-order chi connectivity index (χ0) is 20.1. The monoisotopic (exact) mass is 385 g/mol. The molecule has 0 bridgehead atoms. The highest BCUT2D eigenvalue weighted by Gasteiger charge is 2.18. The number of carbonyl (C=O) groups is 1. The number of rotatable bonds is 5. The zero-order valence-corrected chi connectivity index (χ0v) is 16.3. The number of hydrogen-bond donors (Lipinski definition) is 1. The van der Waals surface area contributed by atoms with Crippen molar-refractivity contribution in [2.75, 3.05) is 13.2 Å². The van der Waals surface area contributed by atoms with Gasteiger partial charge in [0, 0.05) is 5.57 Å². The van der Waals surface area contributed by atoms with E-state index in [4.69, 9.17) is 9.47 Å². The average Bonchev–Trinajstić information content (AvgIpc) is 2.78. The molecule has 1 atom stereocenters. The van der Waals surface area contributed by atoms with Crippen molar-refractivity contribution in [3.05, 3.63) is 95.6 Å². The van der Waals surface area contributed by atoms with Gasteiger partial charge < -0.3 is 14.8 Å². The van der Waals surface area contributed by atoms with Crippen LogP contribution in [0.15, 0.2) is 78.9 Å². The first kappa shape index (κ1) is 18.8. The highest BCUT2D eigenvalue weighted by molar-refractivity contribution is 6.24. The van der Waals surface area contributed by atoms with Crippen LogP contribution in [0.2, 0.25) is 0 Å². The summed E-state index contributed by atoms with van der Waals surface area (Å²) in [6.07, 6.45) is 1.92. The smallest absolute Gasteiger partial charge is 0.252 e. The van der Waals surface area contributed by atoms with Gasteiger partial charge in [-0.2, -0.15) is 0 Å². The molecular formula is C25H23NO3. The van der Waals surface area contributed by atoms with E-state index in [1.165, 1.54) is 0 Å². The van der Waals surface area contributed by atoms with E-state index in [9.17, 15) is 4.79 Å². The van der Waals surface area contributed by atoms with Crippen LogP contribution in [0.3, 0.4) is 0 Å². The minimum absolute atomic E-state index is 0.123. The molecule has 0 saturated carbocycles. The Labute approximate surface area is 170 Å². The molecule has 0 fully saturated rings. The van der Waals surface area contributed by atoms with Gasteiger partial charge in [-0.1, -0.05) is 66.7 Å². The van der Waals surface area contributed by atoms with Crippen molar-refractivity contribution in [1.82, 2.24) is 5.32 Å². The van der Waals surface area contributed by atoms with Crippen LogP contribution in [-0.2, 0) is 4.79 Å². The largest absolute Gasteiger partial charge is 0.486 e. The number of amides is 1. The molecule has 0 saturated heterocycles. The summed E-state index contributed by atoms with van der Waals surface area (Å²) in [5, 5.41) is 3.12. The molecule has 3 aromatic rings. The number of benzene rings is 3. The molecule has 0 aliphatic carbocycles. The van der Waals surface area contributed by atoms with Crippen molar-refractivity contribution in [3.63, 3.8) is 0 Å². The Morgan fingerprint density at radius 1 is 0.897 bits per heavy atom. The molecule has 4 rings (SSSR count). The average molecular weight is 385 g/mol. The van der Waals surface area contributed by atoms with Gasteiger partial charge in [0.1, 0.15) is 13.2 Å². The molecule has 1 aliphatic heterocycles. The molecular weight excluding hydrogens is 362 g/mol. The molecule has 0 aromatic heterocycles. The van der Waals surface area contributed by atoms with E-state index in [1.807, 2.05) is 91.9 Å². The van der Waals surface area contributed by atoms with Crippen LogP contribution >= 0.6 is 0 Å². The van der Waals surface area contributed by atoms with Gasteiger partial charge in [-0.15, -0.1) is 0 Å². The topological polar surface area (TPSA) is 47.6 Å². The van der Waals surface area contributed by atoms with Gasteiger partial charge in [0.2, 0.25) is 0 Å². The summed E-state index contributed by atoms with van der Waals surface area (Å²) < 4.78 is 11.2. The van der Waals surface area contributed by atoms with Crippen LogP contribution in [0.1, 0.15) is 29.7 Å². The molecule has 0 radical (unpaired) electrons. The number of fused-ring (bicyclic) bond motifs is 1. The molecule has 3 aromatic carbocycles. The Bertz CT molecular complexity index is 1010. The van der Waals surface area contributed by atoms with Crippen LogP contribution in [-0.4, -0.2) is 19.1 Å². The lowest BCUT2D eigenvalue weighted by Gasteiger charge is -2.21. The van der Waals surface area contributed by atoms with Crippen molar-refractivity contribution >= 4 is 17.6 Å². The van der Waals surface area contributed by atoms with Gasteiger partial charge >= 0.3 is 0 Å². The summed E-state index contributed by atoms with van der Waals surface area (Å²) in [6, 6.07) is 25.2. The molecule has 1 aliphatic rings. The fourth-order valence-corrected chi connectivity index (χ4v) is 3.30. The first-order chi connectivity index (χ1) is 14.2. The quantitative estimate of drug-likeness (QED) is 0.503. The Kier molecular flexibility index (Phi) is 5.61. The van der Waals surface area contributed by atoms with Gasteiger partial charge in [-0.25, -0.2) is 0 Å². The number of carbonyl (C=O) groups excluding carboxylic acids is 1. The number of hydrogen-bond acceptors (Lipinski definition) is 3. The number of ether oxygens (including phenoxy) is 2. The van der Waals surface area contributed by atoms with Crippen molar-refractivity contribution < 1.29 is 14.3 Å². The summed E-state index contributed by atoms with van der Waals surface area (Å²) in [7, 11) is 0. The second-order valence-corrected chi connectivity index (χ2v) is 6.93. The first-order valence-electron chi connectivity index (χ1n) is 9.73. The summed E-state index contributed by atoms with van der Waals surface area (Å²) in [5.41, 5.74) is 3.45. The molecule has 4 heteroatoms. The lowest BCUT2D eigenvalue weighted by molar-refractivity contribution is -0.116. The summed E-state index contributed by atoms with van der Waals surface area (Å²) in [6.45, 7) is 3.06. The Morgan fingerprint density at radius 3 is 2.28 bits per heavy atom. The second-order valence-electron chi connectivity index (χ2n) is 6.93. The highest BCUT2D eigenvalue weighted by atomic mass is 16.6. The van der Waals surface area contributed by atoms with Gasteiger partial charge in [0.05, 0.1) is 6.04 Å². The molecule has 1 N–H and O–H groups in total. The summed E-state index contributed by atoms with van der Waals surface area (Å²) in [4.78, 5) is 13.2. The third-order valence-electron chi connectivity index (χ3n) is 4.85. The third kappa shape index (κ3) is 4.49. The van der Waals surface area contributed by atoms with Gasteiger partial charge in [-0.3, -0.25) is 4.79 Å². The lowest BCUT2D eigenvalue weighted by atomic mass is 10.0.